The van der Waals surface area contributed by atoms with E-state index in [0.717, 1.165) is 12.8 Å². The molecule has 0 spiro atoms. The lowest BCUT2D eigenvalue weighted by Gasteiger charge is -2.31. The molecule has 2 aromatic carbocycles. The fraction of sp³-hybridized carbons (Fsp3) is 0.400. The van der Waals surface area contributed by atoms with Gasteiger partial charge in [0.2, 0.25) is 5.91 Å². The summed E-state index contributed by atoms with van der Waals surface area (Å²) in [4.78, 5) is 52.5. The van der Waals surface area contributed by atoms with Gasteiger partial charge in [-0.05, 0) is 49.9 Å². The van der Waals surface area contributed by atoms with Crippen LogP contribution in [-0.2, 0) is 14.3 Å². The van der Waals surface area contributed by atoms with Crippen molar-refractivity contribution in [3.05, 3.63) is 58.1 Å². The van der Waals surface area contributed by atoms with Crippen molar-refractivity contribution in [1.82, 2.24) is 0 Å². The Balaban J connectivity index is 1.48. The van der Waals surface area contributed by atoms with Crippen LogP contribution in [0.15, 0.2) is 42.5 Å². The smallest absolute Gasteiger partial charge is 0.338 e. The van der Waals surface area contributed by atoms with E-state index in [-0.39, 0.29) is 23.6 Å². The third kappa shape index (κ3) is 5.26. The zero-order valence-electron chi connectivity index (χ0n) is 19.7. The second-order valence-corrected chi connectivity index (χ2v) is 9.09. The molecule has 10 heteroatoms. The van der Waals surface area contributed by atoms with Gasteiger partial charge in [-0.1, -0.05) is 19.1 Å². The van der Waals surface area contributed by atoms with E-state index in [1.807, 2.05) is 4.90 Å². The van der Waals surface area contributed by atoms with Gasteiger partial charge in [-0.2, -0.15) is 0 Å². The van der Waals surface area contributed by atoms with Gasteiger partial charge >= 0.3 is 5.97 Å². The van der Waals surface area contributed by atoms with Gasteiger partial charge in [-0.25, -0.2) is 4.79 Å². The van der Waals surface area contributed by atoms with Crippen molar-refractivity contribution < 1.29 is 24.0 Å². The second-order valence-electron chi connectivity index (χ2n) is 9.09. The zero-order chi connectivity index (χ0) is 25.1. The third-order valence-electron chi connectivity index (χ3n) is 6.49. The minimum Gasteiger partial charge on any atom is -0.452 e. The topological polar surface area (TPSA) is 122 Å². The van der Waals surface area contributed by atoms with Gasteiger partial charge in [0.15, 0.2) is 6.61 Å². The summed E-state index contributed by atoms with van der Waals surface area (Å²) in [6.45, 7) is 4.77. The Morgan fingerprint density at radius 2 is 1.83 bits per heavy atom. The molecule has 184 valence electrons. The first-order valence-corrected chi connectivity index (χ1v) is 11.7. The molecule has 1 N–H and O–H groups in total. The molecule has 2 aliphatic rings. The number of carbonyl (C=O) groups is 3. The maximum atomic E-state index is 13.0. The number of nitrogens with zero attached hydrogens (tertiary/aromatic N) is 3. The Morgan fingerprint density at radius 1 is 1.11 bits per heavy atom. The van der Waals surface area contributed by atoms with E-state index in [0.29, 0.717) is 36.1 Å². The predicted octanol–water partition coefficient (Wildman–Crippen LogP) is 3.75. The fourth-order valence-electron chi connectivity index (χ4n) is 4.56. The number of esters is 1. The van der Waals surface area contributed by atoms with Crippen molar-refractivity contribution in [3.63, 3.8) is 0 Å². The Morgan fingerprint density at radius 3 is 2.54 bits per heavy atom. The van der Waals surface area contributed by atoms with Crippen molar-refractivity contribution in [2.45, 2.75) is 39.2 Å². The van der Waals surface area contributed by atoms with E-state index in [4.69, 9.17) is 4.74 Å². The van der Waals surface area contributed by atoms with Crippen LogP contribution in [0.1, 0.15) is 43.5 Å². The molecule has 0 radical (unpaired) electrons. The van der Waals surface area contributed by atoms with E-state index in [1.165, 1.54) is 17.0 Å². The van der Waals surface area contributed by atoms with Gasteiger partial charge in [0.1, 0.15) is 5.69 Å². The van der Waals surface area contributed by atoms with Crippen LogP contribution in [-0.4, -0.2) is 48.4 Å². The number of nitrogens with one attached hydrogen (secondary N) is 1. The number of piperidine rings is 1. The number of ether oxygens (including phenoxy) is 1. The van der Waals surface area contributed by atoms with Crippen molar-refractivity contribution >= 4 is 40.5 Å². The molecule has 1 saturated heterocycles. The molecule has 0 saturated carbocycles. The standard InChI is InChI=1S/C25H28N4O6/c1-16-9-11-27(12-10-16)21-8-7-18(14-22(21)29(33)34)25(32)35-15-24(31)28-17(2)13-23(30)26-19-5-3-4-6-20(19)28/h3-8,14,16-17H,9-13,15H2,1-2H3,(H,26,30). The van der Waals surface area contributed by atoms with Crippen molar-refractivity contribution in [2.24, 2.45) is 5.92 Å². The lowest BCUT2D eigenvalue weighted by Crippen LogP contribution is -2.41. The number of para-hydroxylation sites is 2. The third-order valence-corrected chi connectivity index (χ3v) is 6.49. The number of carbonyl (C=O) groups excluding carboxylic acids is 3. The summed E-state index contributed by atoms with van der Waals surface area (Å²) in [5, 5.41) is 14.5. The largest absolute Gasteiger partial charge is 0.452 e. The van der Waals surface area contributed by atoms with Crippen LogP contribution in [0.2, 0.25) is 0 Å². The zero-order valence-corrected chi connectivity index (χ0v) is 19.7. The van der Waals surface area contributed by atoms with E-state index in [9.17, 15) is 24.5 Å². The first kappa shape index (κ1) is 24.2. The Hall–Kier alpha value is -3.95. The van der Waals surface area contributed by atoms with Gasteiger partial charge in [0.05, 0.1) is 21.9 Å². The Labute approximate surface area is 203 Å². The molecular formula is C25H28N4O6. The highest BCUT2D eigenvalue weighted by Crippen LogP contribution is 2.33. The molecule has 1 fully saturated rings. The van der Waals surface area contributed by atoms with Crippen LogP contribution in [0.5, 0.6) is 0 Å². The molecule has 2 aliphatic heterocycles. The maximum Gasteiger partial charge on any atom is 0.338 e. The minimum absolute atomic E-state index is 0.000197. The molecule has 4 rings (SSSR count). The lowest BCUT2D eigenvalue weighted by molar-refractivity contribution is -0.384. The van der Waals surface area contributed by atoms with Gasteiger partial charge in [-0.3, -0.25) is 19.7 Å². The SMILES string of the molecule is CC1CCN(c2ccc(C(=O)OCC(=O)N3c4ccccc4NC(=O)CC3C)cc2[N+](=O)[O-])CC1. The van der Waals surface area contributed by atoms with E-state index in [2.05, 4.69) is 12.2 Å². The predicted molar refractivity (Wildman–Crippen MR) is 131 cm³/mol. The molecule has 10 nitrogen and oxygen atoms in total. The summed E-state index contributed by atoms with van der Waals surface area (Å²) in [6.07, 6.45) is 1.99. The summed E-state index contributed by atoms with van der Waals surface area (Å²) < 4.78 is 5.24. The van der Waals surface area contributed by atoms with E-state index in [1.54, 1.807) is 37.3 Å². The summed E-state index contributed by atoms with van der Waals surface area (Å²) in [6, 6.07) is 10.7. The van der Waals surface area contributed by atoms with Crippen molar-refractivity contribution in [1.29, 1.82) is 0 Å². The molecule has 0 aromatic heterocycles. The van der Waals surface area contributed by atoms with Crippen LogP contribution in [0.4, 0.5) is 22.7 Å². The summed E-state index contributed by atoms with van der Waals surface area (Å²) >= 11 is 0. The van der Waals surface area contributed by atoms with Crippen molar-refractivity contribution in [3.8, 4) is 0 Å². The molecule has 0 bridgehead atoms. The Bertz CT molecular complexity index is 1160. The van der Waals surface area contributed by atoms with Crippen LogP contribution in [0.25, 0.3) is 0 Å². The van der Waals surface area contributed by atoms with Gasteiger partial charge in [-0.15, -0.1) is 0 Å². The number of fused-ring (bicyclic) bond motifs is 1. The first-order valence-electron chi connectivity index (χ1n) is 11.7. The molecule has 35 heavy (non-hydrogen) atoms. The number of hydrogen-bond donors (Lipinski definition) is 1. The van der Waals surface area contributed by atoms with Crippen molar-refractivity contribution in [2.75, 3.05) is 34.8 Å². The van der Waals surface area contributed by atoms with Crippen LogP contribution in [0.3, 0.4) is 0 Å². The molecule has 1 atom stereocenters. The van der Waals surface area contributed by atoms with Gasteiger partial charge in [0, 0.05) is 31.6 Å². The monoisotopic (exact) mass is 480 g/mol. The molecule has 0 aliphatic carbocycles. The fourth-order valence-corrected chi connectivity index (χ4v) is 4.56. The number of nitro groups is 1. The second kappa shape index (κ2) is 10.1. The molecule has 2 heterocycles. The highest BCUT2D eigenvalue weighted by molar-refractivity contribution is 6.05. The number of hydrogen-bond acceptors (Lipinski definition) is 7. The maximum absolute atomic E-state index is 13.0. The number of amides is 2. The number of rotatable bonds is 5. The molecule has 2 aromatic rings. The van der Waals surface area contributed by atoms with Gasteiger partial charge in [0.25, 0.3) is 11.6 Å². The van der Waals surface area contributed by atoms with Crippen LogP contribution in [0, 0.1) is 16.0 Å². The average molecular weight is 481 g/mol. The van der Waals surface area contributed by atoms with E-state index >= 15 is 0 Å². The van der Waals surface area contributed by atoms with E-state index < -0.39 is 29.4 Å². The average Bonchev–Trinajstić information content (AvgIpc) is 2.96. The highest BCUT2D eigenvalue weighted by Gasteiger charge is 2.31. The quantitative estimate of drug-likeness (QED) is 0.393. The van der Waals surface area contributed by atoms with Gasteiger partial charge < -0.3 is 19.9 Å². The number of anilines is 3. The van der Waals surface area contributed by atoms with Crippen LogP contribution >= 0.6 is 0 Å². The summed E-state index contributed by atoms with van der Waals surface area (Å²) in [7, 11) is 0. The van der Waals surface area contributed by atoms with Crippen LogP contribution < -0.4 is 15.1 Å². The summed E-state index contributed by atoms with van der Waals surface area (Å²) in [5.41, 5.74) is 1.32. The minimum atomic E-state index is -0.828. The Kier molecular flexibility index (Phi) is 6.99. The normalized spacial score (nSPS) is 18.3. The molecule has 1 unspecified atom stereocenters. The summed E-state index contributed by atoms with van der Waals surface area (Å²) in [5.74, 6) is -0.966. The molecular weight excluding hydrogens is 452 g/mol. The lowest BCUT2D eigenvalue weighted by atomic mass is 9.98. The molecule has 2 amide bonds. The highest BCUT2D eigenvalue weighted by atomic mass is 16.6. The first-order chi connectivity index (χ1) is 16.7. The number of nitro benzene ring substituents is 1. The number of benzene rings is 2.